The second kappa shape index (κ2) is 9.88. The Morgan fingerprint density at radius 2 is 1.89 bits per heavy atom. The minimum Gasteiger partial charge on any atom is -0.356 e. The zero-order chi connectivity index (χ0) is 14.0. The van der Waals surface area contributed by atoms with Gasteiger partial charge in [0.15, 0.2) is 0 Å². The predicted molar refractivity (Wildman–Crippen MR) is 73.0 cm³/mol. The molecule has 1 atom stereocenters. The van der Waals surface area contributed by atoms with Crippen LogP contribution in [0.25, 0.3) is 0 Å². The molecule has 0 aromatic heterocycles. The zero-order valence-electron chi connectivity index (χ0n) is 11.8. The van der Waals surface area contributed by atoms with Gasteiger partial charge in [-0.05, 0) is 12.3 Å². The van der Waals surface area contributed by atoms with Crippen LogP contribution in [0.2, 0.25) is 0 Å². The van der Waals surface area contributed by atoms with Crippen molar-refractivity contribution in [2.75, 3.05) is 13.1 Å². The summed E-state index contributed by atoms with van der Waals surface area (Å²) in [6.07, 6.45) is 2.98. The van der Waals surface area contributed by atoms with Crippen LogP contribution in [0, 0.1) is 5.92 Å². The summed E-state index contributed by atoms with van der Waals surface area (Å²) in [4.78, 5) is 22.9. The van der Waals surface area contributed by atoms with Crippen LogP contribution in [0.4, 0.5) is 0 Å². The first-order valence-corrected chi connectivity index (χ1v) is 6.77. The lowest BCUT2D eigenvalue weighted by atomic mass is 10.1. The second-order valence-electron chi connectivity index (χ2n) is 4.99. The molecule has 106 valence electrons. The lowest BCUT2D eigenvalue weighted by molar-refractivity contribution is -0.123. The van der Waals surface area contributed by atoms with Gasteiger partial charge in [-0.3, -0.25) is 9.59 Å². The van der Waals surface area contributed by atoms with Crippen molar-refractivity contribution < 1.29 is 9.59 Å². The van der Waals surface area contributed by atoms with E-state index in [0.29, 0.717) is 31.8 Å². The van der Waals surface area contributed by atoms with Crippen molar-refractivity contribution in [1.82, 2.24) is 10.6 Å². The lowest BCUT2D eigenvalue weighted by Gasteiger charge is -2.12. The van der Waals surface area contributed by atoms with E-state index in [2.05, 4.69) is 17.6 Å². The van der Waals surface area contributed by atoms with E-state index in [1.165, 1.54) is 0 Å². The molecule has 0 aromatic rings. The Hall–Kier alpha value is -1.10. The van der Waals surface area contributed by atoms with Gasteiger partial charge in [0.2, 0.25) is 11.8 Å². The van der Waals surface area contributed by atoms with Crippen LogP contribution in [-0.2, 0) is 9.59 Å². The Labute approximate surface area is 110 Å². The molecule has 2 amide bonds. The largest absolute Gasteiger partial charge is 0.356 e. The molecule has 0 bridgehead atoms. The molecule has 0 rings (SSSR count). The summed E-state index contributed by atoms with van der Waals surface area (Å²) in [5.41, 5.74) is 5.71. The minimum atomic E-state index is -0.455. The molecule has 0 radical (unpaired) electrons. The molecule has 0 fully saturated rings. The van der Waals surface area contributed by atoms with Crippen molar-refractivity contribution in [3.05, 3.63) is 0 Å². The molecule has 0 aliphatic heterocycles. The first kappa shape index (κ1) is 16.9. The fourth-order valence-corrected chi connectivity index (χ4v) is 1.39. The molecule has 1 unspecified atom stereocenters. The Morgan fingerprint density at radius 1 is 1.22 bits per heavy atom. The van der Waals surface area contributed by atoms with Gasteiger partial charge >= 0.3 is 0 Å². The van der Waals surface area contributed by atoms with Crippen LogP contribution < -0.4 is 16.4 Å². The summed E-state index contributed by atoms with van der Waals surface area (Å²) >= 11 is 0. The average Bonchev–Trinajstić information content (AvgIpc) is 2.33. The summed E-state index contributed by atoms with van der Waals surface area (Å²) in [6, 6.07) is -0.455. The van der Waals surface area contributed by atoms with E-state index in [0.717, 1.165) is 12.8 Å². The highest BCUT2D eigenvalue weighted by molar-refractivity contribution is 5.82. The zero-order valence-corrected chi connectivity index (χ0v) is 11.8. The van der Waals surface area contributed by atoms with Crippen molar-refractivity contribution in [3.8, 4) is 0 Å². The van der Waals surface area contributed by atoms with Crippen LogP contribution in [0.5, 0.6) is 0 Å². The normalized spacial score (nSPS) is 12.3. The molecule has 0 aliphatic rings. The monoisotopic (exact) mass is 257 g/mol. The van der Waals surface area contributed by atoms with Gasteiger partial charge in [-0.1, -0.05) is 33.6 Å². The number of rotatable bonds is 9. The van der Waals surface area contributed by atoms with E-state index in [-0.39, 0.29) is 11.8 Å². The Balaban J connectivity index is 3.64. The Bertz CT molecular complexity index is 255. The molecular formula is C13H27N3O2. The summed E-state index contributed by atoms with van der Waals surface area (Å²) in [6.45, 7) is 7.15. The van der Waals surface area contributed by atoms with Crippen LogP contribution >= 0.6 is 0 Å². The third-order valence-corrected chi connectivity index (χ3v) is 2.56. The van der Waals surface area contributed by atoms with Crippen LogP contribution in [0.15, 0.2) is 0 Å². The molecule has 0 spiro atoms. The number of carbonyl (C=O) groups is 2. The maximum absolute atomic E-state index is 11.5. The SMILES string of the molecule is CCCCC(N)C(=O)NCCC(=O)NCC(C)C. The van der Waals surface area contributed by atoms with Crippen LogP contribution in [0.1, 0.15) is 46.5 Å². The molecule has 18 heavy (non-hydrogen) atoms. The molecule has 4 N–H and O–H groups in total. The molecule has 0 saturated heterocycles. The van der Waals surface area contributed by atoms with E-state index >= 15 is 0 Å². The van der Waals surface area contributed by atoms with Gasteiger partial charge in [0.05, 0.1) is 6.04 Å². The van der Waals surface area contributed by atoms with Crippen LogP contribution in [0.3, 0.4) is 0 Å². The fraction of sp³-hybridized carbons (Fsp3) is 0.846. The molecule has 0 aromatic carbocycles. The molecule has 5 heteroatoms. The Morgan fingerprint density at radius 3 is 2.44 bits per heavy atom. The predicted octanol–water partition coefficient (Wildman–Crippen LogP) is 0.782. The average molecular weight is 257 g/mol. The van der Waals surface area contributed by atoms with Gasteiger partial charge in [0.25, 0.3) is 0 Å². The van der Waals surface area contributed by atoms with E-state index in [4.69, 9.17) is 5.73 Å². The van der Waals surface area contributed by atoms with Crippen molar-refractivity contribution in [2.24, 2.45) is 11.7 Å². The maximum Gasteiger partial charge on any atom is 0.236 e. The number of nitrogens with two attached hydrogens (primary N) is 1. The highest BCUT2D eigenvalue weighted by Crippen LogP contribution is 1.97. The number of nitrogens with one attached hydrogen (secondary N) is 2. The maximum atomic E-state index is 11.5. The van der Waals surface area contributed by atoms with Crippen LogP contribution in [-0.4, -0.2) is 30.9 Å². The van der Waals surface area contributed by atoms with Crippen molar-refractivity contribution in [3.63, 3.8) is 0 Å². The number of carbonyl (C=O) groups excluding carboxylic acids is 2. The van der Waals surface area contributed by atoms with Crippen molar-refractivity contribution in [1.29, 1.82) is 0 Å². The molecule has 0 aliphatic carbocycles. The summed E-state index contributed by atoms with van der Waals surface area (Å²) in [7, 11) is 0. The topological polar surface area (TPSA) is 84.2 Å². The van der Waals surface area contributed by atoms with Gasteiger partial charge in [0.1, 0.15) is 0 Å². The third kappa shape index (κ3) is 8.98. The summed E-state index contributed by atoms with van der Waals surface area (Å²) in [5, 5.41) is 5.48. The standard InChI is InChI=1S/C13H27N3O2/c1-4-5-6-11(14)13(18)15-8-7-12(17)16-9-10(2)3/h10-11H,4-9,14H2,1-3H3,(H,15,18)(H,16,17). The van der Waals surface area contributed by atoms with Crippen molar-refractivity contribution >= 4 is 11.8 Å². The van der Waals surface area contributed by atoms with Crippen molar-refractivity contribution in [2.45, 2.75) is 52.5 Å². The lowest BCUT2D eigenvalue weighted by Crippen LogP contribution is -2.42. The molecule has 0 heterocycles. The van der Waals surface area contributed by atoms with E-state index in [1.54, 1.807) is 0 Å². The molecular weight excluding hydrogens is 230 g/mol. The quantitative estimate of drug-likeness (QED) is 0.571. The smallest absolute Gasteiger partial charge is 0.236 e. The van der Waals surface area contributed by atoms with E-state index in [1.807, 2.05) is 13.8 Å². The third-order valence-electron chi connectivity index (χ3n) is 2.56. The summed E-state index contributed by atoms with van der Waals surface area (Å²) < 4.78 is 0. The number of hydrogen-bond donors (Lipinski definition) is 3. The molecule has 0 saturated carbocycles. The first-order chi connectivity index (χ1) is 8.47. The van der Waals surface area contributed by atoms with Gasteiger partial charge in [-0.2, -0.15) is 0 Å². The van der Waals surface area contributed by atoms with Gasteiger partial charge in [-0.15, -0.1) is 0 Å². The van der Waals surface area contributed by atoms with E-state index in [9.17, 15) is 9.59 Å². The van der Waals surface area contributed by atoms with Gasteiger partial charge < -0.3 is 16.4 Å². The highest BCUT2D eigenvalue weighted by atomic mass is 16.2. The Kier molecular flexibility index (Phi) is 9.28. The number of hydrogen-bond acceptors (Lipinski definition) is 3. The van der Waals surface area contributed by atoms with E-state index < -0.39 is 6.04 Å². The minimum absolute atomic E-state index is 0.0360. The number of amides is 2. The highest BCUT2D eigenvalue weighted by Gasteiger charge is 2.12. The van der Waals surface area contributed by atoms with Gasteiger partial charge in [-0.25, -0.2) is 0 Å². The molecule has 5 nitrogen and oxygen atoms in total. The van der Waals surface area contributed by atoms with Gasteiger partial charge in [0, 0.05) is 19.5 Å². The fourth-order valence-electron chi connectivity index (χ4n) is 1.39. The second-order valence-corrected chi connectivity index (χ2v) is 4.99. The first-order valence-electron chi connectivity index (χ1n) is 6.77. The number of unbranched alkanes of at least 4 members (excludes halogenated alkanes) is 1. The summed E-state index contributed by atoms with van der Waals surface area (Å²) in [5.74, 6) is 0.234.